The van der Waals surface area contributed by atoms with Gasteiger partial charge >= 0.3 is 41.6 Å². The number of nitrogens with one attached hydrogen (secondary N) is 4. The van der Waals surface area contributed by atoms with E-state index < -0.39 is 70.4 Å². The lowest BCUT2D eigenvalue weighted by Crippen LogP contribution is -2.39. The zero-order valence-corrected chi connectivity index (χ0v) is 70.2. The molecule has 7 rings (SSSR count). The maximum atomic E-state index is 13.4. The Morgan fingerprint density at radius 3 is 1.13 bits per heavy atom. The van der Waals surface area contributed by atoms with E-state index in [1.54, 1.807) is 128 Å². The van der Waals surface area contributed by atoms with Gasteiger partial charge < -0.3 is 84.8 Å². The Kier molecular flexibility index (Phi) is 35.4. The standard InChI is InChI=1S/C29H41ClN6O5.C27H42N6O4.C24H36N6O4/c1-7-34(8-2)27-31-19-23(36(9-3)26(30)38)24(33-27)32-22(25(37)41-29(4,5)6)18-20-12-14-21(15-13-20)40-28(39)35-16-10-11-17-35;1-10-33(11-2)25-28-17-22(29-18(3)4)23(31-25)30-21(24(34)37-27(5,6)7)16-19-12-14-20(15-13-19)36-26(35)32(8)9;1-8-30(9-2)22-26-15-18(25)20(28-22)27-19(21(31)34-24(3,4)5)14-16-10-12-17(13-11-16)33-23(32)29(6)7/h12-15,19,22H,7-11,16-18H2,1-6H3,(H,31,32,33);12-15,17-18,21,29H,10-11,16H2,1-9H3,(H,28,30,31);10-13,15,19H,8-9,14,25H2,1-7H3,(H,26,27,28)/t22-;21-;19-/m000/s1. The highest BCUT2D eigenvalue weighted by atomic mass is 35.5. The van der Waals surface area contributed by atoms with Crippen LogP contribution in [0, 0.1) is 0 Å². The number of nitrogen functional groups attached to an aromatic ring is 1. The van der Waals surface area contributed by atoms with Crippen molar-refractivity contribution in [3.05, 3.63) is 108 Å². The average molecular weight is 1580 g/mol. The molecular formula is C80H119ClN18O13. The molecule has 3 aromatic carbocycles. The molecule has 3 aromatic heterocycles. The van der Waals surface area contributed by atoms with E-state index >= 15 is 0 Å². The Bertz CT molecular complexity index is 4000. The van der Waals surface area contributed by atoms with E-state index in [4.69, 9.17) is 55.7 Å². The highest BCUT2D eigenvalue weighted by Crippen LogP contribution is 2.31. The minimum atomic E-state index is -0.866. The number of hydrogen-bond donors (Lipinski definition) is 5. The van der Waals surface area contributed by atoms with Crippen LogP contribution in [0.1, 0.15) is 154 Å². The van der Waals surface area contributed by atoms with Gasteiger partial charge in [-0.1, -0.05) is 36.4 Å². The molecular weight excluding hydrogens is 1460 g/mol. The molecule has 32 heteroatoms. The van der Waals surface area contributed by atoms with Crippen molar-refractivity contribution >= 4 is 106 Å². The predicted octanol–water partition coefficient (Wildman–Crippen LogP) is 13.4. The van der Waals surface area contributed by atoms with Crippen LogP contribution in [0.2, 0.25) is 0 Å². The van der Waals surface area contributed by atoms with Crippen molar-refractivity contribution in [2.45, 2.75) is 198 Å². The summed E-state index contributed by atoms with van der Waals surface area (Å²) in [4.78, 5) is 127. The summed E-state index contributed by atoms with van der Waals surface area (Å²) >= 11 is 5.88. The number of rotatable bonds is 31. The normalized spacial score (nSPS) is 12.7. The van der Waals surface area contributed by atoms with E-state index in [0.717, 1.165) is 55.7 Å². The number of likely N-dealkylation sites (tertiary alicyclic amines) is 1. The summed E-state index contributed by atoms with van der Waals surface area (Å²) in [7, 11) is 6.46. The maximum absolute atomic E-state index is 13.4. The van der Waals surface area contributed by atoms with E-state index in [1.807, 2.05) is 124 Å². The monoisotopic (exact) mass is 1570 g/mol. The van der Waals surface area contributed by atoms with Crippen molar-refractivity contribution in [2.24, 2.45) is 0 Å². The molecule has 4 amide bonds. The van der Waals surface area contributed by atoms with E-state index in [9.17, 15) is 33.6 Å². The molecule has 6 N–H and O–H groups in total. The minimum Gasteiger partial charge on any atom is -0.458 e. The van der Waals surface area contributed by atoms with Crippen LogP contribution in [-0.2, 0) is 47.9 Å². The van der Waals surface area contributed by atoms with Gasteiger partial charge in [-0.25, -0.2) is 43.7 Å². The fourth-order valence-electron chi connectivity index (χ4n) is 10.9. The molecule has 4 heterocycles. The van der Waals surface area contributed by atoms with Gasteiger partial charge in [-0.05, 0) is 202 Å². The van der Waals surface area contributed by atoms with Crippen LogP contribution in [0.15, 0.2) is 91.4 Å². The minimum absolute atomic E-state index is 0.140. The molecule has 112 heavy (non-hydrogen) atoms. The first-order valence-corrected chi connectivity index (χ1v) is 38.4. The molecule has 0 saturated carbocycles. The van der Waals surface area contributed by atoms with Crippen LogP contribution < -0.4 is 60.8 Å². The summed E-state index contributed by atoms with van der Waals surface area (Å²) < 4.78 is 33.2. The lowest BCUT2D eigenvalue weighted by Gasteiger charge is -2.28. The molecule has 0 aliphatic carbocycles. The second-order valence-electron chi connectivity index (χ2n) is 29.9. The molecule has 614 valence electrons. The van der Waals surface area contributed by atoms with Crippen molar-refractivity contribution in [3.63, 3.8) is 0 Å². The van der Waals surface area contributed by atoms with Gasteiger partial charge in [-0.15, -0.1) is 0 Å². The quantitative estimate of drug-likeness (QED) is 0.0117. The van der Waals surface area contributed by atoms with Crippen LogP contribution in [-0.4, -0.2) is 214 Å². The third-order valence-electron chi connectivity index (χ3n) is 16.5. The topological polar surface area (TPSA) is 349 Å². The molecule has 0 unspecified atom stereocenters. The smallest absolute Gasteiger partial charge is 0.415 e. The molecule has 0 spiro atoms. The van der Waals surface area contributed by atoms with Crippen molar-refractivity contribution < 1.29 is 62.0 Å². The van der Waals surface area contributed by atoms with Crippen molar-refractivity contribution in [2.75, 3.05) is 134 Å². The zero-order chi connectivity index (χ0) is 83.4. The van der Waals surface area contributed by atoms with Gasteiger partial charge in [0.15, 0.2) is 17.5 Å². The third kappa shape index (κ3) is 30.2. The zero-order valence-electron chi connectivity index (χ0n) is 69.4. The number of nitrogens with zero attached hydrogens (tertiary/aromatic N) is 13. The first-order chi connectivity index (χ1) is 52.7. The first-order valence-electron chi connectivity index (χ1n) is 38.1. The number of nitrogens with two attached hydrogens (primary N) is 1. The van der Waals surface area contributed by atoms with Crippen LogP contribution in [0.3, 0.4) is 0 Å². The molecule has 6 aromatic rings. The molecule has 1 saturated heterocycles. The highest BCUT2D eigenvalue weighted by Gasteiger charge is 2.33. The number of carbonyl (C=O) groups excluding carboxylic acids is 7. The summed E-state index contributed by atoms with van der Waals surface area (Å²) in [6.45, 7) is 40.3. The maximum Gasteiger partial charge on any atom is 0.415 e. The summed E-state index contributed by atoms with van der Waals surface area (Å²) in [5.74, 6) is 2.67. The van der Waals surface area contributed by atoms with Gasteiger partial charge in [0, 0.05) is 112 Å². The summed E-state index contributed by atoms with van der Waals surface area (Å²) in [6.07, 6.45) is 6.35. The van der Waals surface area contributed by atoms with Crippen LogP contribution in [0.4, 0.5) is 71.5 Å². The fraction of sp³-hybridized carbons (Fsp3) is 0.537. The first kappa shape index (κ1) is 91.9. The number of amides is 4. The number of hydrogen-bond acceptors (Lipinski definition) is 27. The Labute approximate surface area is 665 Å². The van der Waals surface area contributed by atoms with Crippen LogP contribution in [0.25, 0.3) is 0 Å². The lowest BCUT2D eigenvalue weighted by atomic mass is 10.0. The fourth-order valence-corrected chi connectivity index (χ4v) is 11.1. The van der Waals surface area contributed by atoms with Gasteiger partial charge in [-0.3, -0.25) is 9.69 Å². The second-order valence-corrected chi connectivity index (χ2v) is 30.3. The largest absolute Gasteiger partial charge is 0.458 e. The molecule has 0 bridgehead atoms. The van der Waals surface area contributed by atoms with Crippen molar-refractivity contribution in [1.82, 2.24) is 44.6 Å². The van der Waals surface area contributed by atoms with E-state index in [0.29, 0.717) is 103 Å². The number of halogens is 1. The second kappa shape index (κ2) is 43.2. The Morgan fingerprint density at radius 2 is 0.795 bits per heavy atom. The van der Waals surface area contributed by atoms with Gasteiger partial charge in [0.2, 0.25) is 17.8 Å². The number of benzene rings is 3. The van der Waals surface area contributed by atoms with E-state index in [1.165, 1.54) is 27.1 Å². The molecule has 3 atom stereocenters. The number of ether oxygens (including phenoxy) is 6. The predicted molar refractivity (Wildman–Crippen MR) is 441 cm³/mol. The third-order valence-corrected chi connectivity index (χ3v) is 16.7. The summed E-state index contributed by atoms with van der Waals surface area (Å²) in [5.41, 5.74) is 7.96. The average Bonchev–Trinajstić information content (AvgIpc) is 1.71. The number of aromatic nitrogens is 6. The SMILES string of the molecule is CCN(CC)c1ncc(N(CC)C(=O)Cl)c(N[C@@H](Cc2ccc(OC(=O)N3CCCC3)cc2)C(=O)OC(C)(C)C)n1.CCN(CC)c1ncc(N)c(N[C@@H](Cc2ccc(OC(=O)N(C)C)cc2)C(=O)OC(C)(C)C)n1.CCN(CC)c1ncc(NC(C)C)c(N[C@@H](Cc2ccc(OC(=O)N(C)C)cc2)C(=O)OC(C)(C)C)n1. The molecule has 1 aliphatic rings. The molecule has 1 aliphatic heterocycles. The summed E-state index contributed by atoms with van der Waals surface area (Å²) in [6, 6.07) is 18.8. The van der Waals surface area contributed by atoms with Gasteiger partial charge in [-0.2, -0.15) is 15.0 Å². The Balaban J connectivity index is 0.000000302. The number of carbonyl (C=O) groups is 7. The van der Waals surface area contributed by atoms with Gasteiger partial charge in [0.25, 0.3) is 0 Å². The van der Waals surface area contributed by atoms with E-state index in [2.05, 4.69) is 41.2 Å². The number of anilines is 9. The molecule has 1 fully saturated rings. The van der Waals surface area contributed by atoms with Crippen molar-refractivity contribution in [1.29, 1.82) is 0 Å². The Morgan fingerprint density at radius 1 is 0.464 bits per heavy atom. The lowest BCUT2D eigenvalue weighted by molar-refractivity contribution is -0.156. The number of esters is 3. The van der Waals surface area contributed by atoms with E-state index in [-0.39, 0.29) is 30.9 Å². The Hall–Kier alpha value is -10.7. The summed E-state index contributed by atoms with van der Waals surface area (Å²) in [5, 5.41) is 12.4. The van der Waals surface area contributed by atoms with Crippen molar-refractivity contribution in [3.8, 4) is 17.2 Å². The molecule has 31 nitrogen and oxygen atoms in total. The van der Waals surface area contributed by atoms with Gasteiger partial charge in [0.05, 0.1) is 30.0 Å². The molecule has 0 radical (unpaired) electrons. The van der Waals surface area contributed by atoms with Crippen LogP contribution in [0.5, 0.6) is 17.2 Å². The van der Waals surface area contributed by atoms with Gasteiger partial charge in [0.1, 0.15) is 57.9 Å². The highest BCUT2D eigenvalue weighted by molar-refractivity contribution is 6.66. The van der Waals surface area contributed by atoms with Crippen LogP contribution >= 0.6 is 11.6 Å².